The van der Waals surface area contributed by atoms with Crippen molar-refractivity contribution in [1.82, 2.24) is 5.32 Å². The van der Waals surface area contributed by atoms with Gasteiger partial charge < -0.3 is 5.32 Å². The number of rotatable bonds is 1. The number of nitrogens with one attached hydrogen (secondary N) is 1. The topological polar surface area (TPSA) is 12.0 Å². The van der Waals surface area contributed by atoms with Gasteiger partial charge in [0.1, 0.15) is 0 Å². The van der Waals surface area contributed by atoms with Crippen LogP contribution in [0.15, 0.2) is 0 Å². The summed E-state index contributed by atoms with van der Waals surface area (Å²) in [5, 5.41) is 3.18. The van der Waals surface area contributed by atoms with Gasteiger partial charge in [0.05, 0.1) is 0 Å². The molecule has 3 heteroatoms. The van der Waals surface area contributed by atoms with Crippen LogP contribution in [0.4, 0.5) is 8.78 Å². The van der Waals surface area contributed by atoms with Crippen molar-refractivity contribution < 1.29 is 8.78 Å². The second-order valence-corrected chi connectivity index (χ2v) is 4.10. The molecule has 1 nitrogen and oxygen atoms in total. The second kappa shape index (κ2) is 2.66. The van der Waals surface area contributed by atoms with Crippen molar-refractivity contribution in [3.63, 3.8) is 0 Å². The predicted octanol–water partition coefficient (Wildman–Crippen LogP) is 1.89. The van der Waals surface area contributed by atoms with Gasteiger partial charge in [-0.15, -0.1) is 0 Å². The Morgan fingerprint density at radius 2 is 2.08 bits per heavy atom. The molecule has 2 fully saturated rings. The smallest absolute Gasteiger partial charge is 0.254 e. The van der Waals surface area contributed by atoms with Crippen molar-refractivity contribution in [2.75, 3.05) is 13.1 Å². The fraction of sp³-hybridized carbons (Fsp3) is 1.00. The molecule has 1 saturated carbocycles. The number of hydrogen-bond acceptors (Lipinski definition) is 1. The van der Waals surface area contributed by atoms with Gasteiger partial charge in [-0.1, -0.05) is 6.92 Å². The molecule has 3 unspecified atom stereocenters. The summed E-state index contributed by atoms with van der Waals surface area (Å²) in [6.45, 7) is 3.47. The van der Waals surface area contributed by atoms with Crippen molar-refractivity contribution in [1.29, 1.82) is 0 Å². The Hall–Kier alpha value is -0.180. The van der Waals surface area contributed by atoms with Gasteiger partial charge >= 0.3 is 0 Å². The summed E-state index contributed by atoms with van der Waals surface area (Å²) in [5.41, 5.74) is 0. The SMILES string of the molecule is CC1C(C2CCCNC2)C1(F)F. The molecular formula is C9H15F2N. The molecule has 1 saturated heterocycles. The lowest BCUT2D eigenvalue weighted by atomic mass is 9.93. The first kappa shape index (κ1) is 8.42. The van der Waals surface area contributed by atoms with Crippen LogP contribution in [0.2, 0.25) is 0 Å². The molecule has 2 rings (SSSR count). The summed E-state index contributed by atoms with van der Waals surface area (Å²) in [5.74, 6) is -2.83. The predicted molar refractivity (Wildman–Crippen MR) is 43.2 cm³/mol. The number of piperidine rings is 1. The summed E-state index contributed by atoms with van der Waals surface area (Å²) >= 11 is 0. The molecule has 1 aliphatic heterocycles. The maximum absolute atomic E-state index is 12.9. The summed E-state index contributed by atoms with van der Waals surface area (Å²) < 4.78 is 25.9. The van der Waals surface area contributed by atoms with E-state index in [-0.39, 0.29) is 17.8 Å². The monoisotopic (exact) mass is 175 g/mol. The highest BCUT2D eigenvalue weighted by atomic mass is 19.3. The molecule has 0 amide bonds. The van der Waals surface area contributed by atoms with Crippen LogP contribution in [0.3, 0.4) is 0 Å². The van der Waals surface area contributed by atoms with Gasteiger partial charge in [-0.2, -0.15) is 0 Å². The molecule has 1 aliphatic carbocycles. The quantitative estimate of drug-likeness (QED) is 0.641. The van der Waals surface area contributed by atoms with Gasteiger partial charge in [0.2, 0.25) is 0 Å². The zero-order chi connectivity index (χ0) is 8.77. The lowest BCUT2D eigenvalue weighted by molar-refractivity contribution is 0.0721. The molecule has 1 heterocycles. The van der Waals surface area contributed by atoms with Gasteiger partial charge in [0, 0.05) is 11.8 Å². The first-order chi connectivity index (χ1) is 5.64. The summed E-state index contributed by atoms with van der Waals surface area (Å²) in [6.07, 6.45) is 2.04. The third kappa shape index (κ3) is 1.15. The van der Waals surface area contributed by atoms with Gasteiger partial charge in [-0.05, 0) is 31.8 Å². The van der Waals surface area contributed by atoms with E-state index < -0.39 is 5.92 Å². The van der Waals surface area contributed by atoms with Gasteiger partial charge in [0.15, 0.2) is 0 Å². The highest BCUT2D eigenvalue weighted by Crippen LogP contribution is 2.59. The molecule has 0 radical (unpaired) electrons. The average molecular weight is 175 g/mol. The Balaban J connectivity index is 1.93. The van der Waals surface area contributed by atoms with Crippen molar-refractivity contribution >= 4 is 0 Å². The van der Waals surface area contributed by atoms with Crippen LogP contribution >= 0.6 is 0 Å². The molecule has 0 aromatic heterocycles. The Bertz CT molecular complexity index is 175. The van der Waals surface area contributed by atoms with Crippen molar-refractivity contribution in [2.24, 2.45) is 17.8 Å². The molecule has 0 aromatic carbocycles. The molecule has 12 heavy (non-hydrogen) atoms. The van der Waals surface area contributed by atoms with Crippen LogP contribution in [0.5, 0.6) is 0 Å². The molecule has 70 valence electrons. The fourth-order valence-corrected chi connectivity index (χ4v) is 2.42. The van der Waals surface area contributed by atoms with Crippen LogP contribution < -0.4 is 5.32 Å². The Labute approximate surface area is 71.5 Å². The van der Waals surface area contributed by atoms with E-state index >= 15 is 0 Å². The Morgan fingerprint density at radius 1 is 1.42 bits per heavy atom. The van der Waals surface area contributed by atoms with Gasteiger partial charge in [-0.25, -0.2) is 8.78 Å². The standard InChI is InChI=1S/C9H15F2N/c1-6-8(9(6,10)11)7-3-2-4-12-5-7/h6-8,12H,2-5H2,1H3. The van der Waals surface area contributed by atoms with Crippen molar-refractivity contribution in [3.05, 3.63) is 0 Å². The highest BCUT2D eigenvalue weighted by molar-refractivity contribution is 5.06. The van der Waals surface area contributed by atoms with E-state index in [1.165, 1.54) is 0 Å². The van der Waals surface area contributed by atoms with Gasteiger partial charge in [0.25, 0.3) is 5.92 Å². The summed E-state index contributed by atoms with van der Waals surface area (Å²) in [7, 11) is 0. The lowest BCUT2D eigenvalue weighted by Gasteiger charge is -2.22. The normalized spacial score (nSPS) is 45.8. The Kier molecular flexibility index (Phi) is 1.86. The summed E-state index contributed by atoms with van der Waals surface area (Å²) in [6, 6.07) is 0. The third-order valence-corrected chi connectivity index (χ3v) is 3.32. The molecule has 0 aromatic rings. The fourth-order valence-electron chi connectivity index (χ4n) is 2.42. The first-order valence-corrected chi connectivity index (χ1v) is 4.72. The van der Waals surface area contributed by atoms with Crippen LogP contribution in [0, 0.1) is 17.8 Å². The molecule has 1 N–H and O–H groups in total. The molecule has 3 atom stereocenters. The van der Waals surface area contributed by atoms with Crippen LogP contribution in [-0.2, 0) is 0 Å². The molecule has 2 aliphatic rings. The molecular weight excluding hydrogens is 160 g/mol. The van der Waals surface area contributed by atoms with E-state index in [1.807, 2.05) is 0 Å². The average Bonchev–Trinajstić information content (AvgIpc) is 2.53. The Morgan fingerprint density at radius 3 is 2.50 bits per heavy atom. The minimum atomic E-state index is -2.36. The van der Waals surface area contributed by atoms with E-state index in [0.717, 1.165) is 25.9 Å². The minimum Gasteiger partial charge on any atom is -0.316 e. The van der Waals surface area contributed by atoms with Crippen molar-refractivity contribution in [3.8, 4) is 0 Å². The number of hydrogen-bond donors (Lipinski definition) is 1. The molecule has 0 bridgehead atoms. The van der Waals surface area contributed by atoms with Crippen molar-refractivity contribution in [2.45, 2.75) is 25.7 Å². The van der Waals surface area contributed by atoms with Crippen LogP contribution in [0.1, 0.15) is 19.8 Å². The van der Waals surface area contributed by atoms with Crippen LogP contribution in [-0.4, -0.2) is 19.0 Å². The van der Waals surface area contributed by atoms with E-state index in [0.29, 0.717) is 0 Å². The first-order valence-electron chi connectivity index (χ1n) is 4.72. The maximum atomic E-state index is 12.9. The number of halogens is 2. The van der Waals surface area contributed by atoms with E-state index in [4.69, 9.17) is 0 Å². The van der Waals surface area contributed by atoms with Gasteiger partial charge in [-0.3, -0.25) is 0 Å². The minimum absolute atomic E-state index is 0.226. The molecule has 0 spiro atoms. The summed E-state index contributed by atoms with van der Waals surface area (Å²) in [4.78, 5) is 0. The number of alkyl halides is 2. The zero-order valence-electron chi connectivity index (χ0n) is 7.32. The zero-order valence-corrected chi connectivity index (χ0v) is 7.32. The third-order valence-electron chi connectivity index (χ3n) is 3.32. The van der Waals surface area contributed by atoms with Crippen LogP contribution in [0.25, 0.3) is 0 Å². The maximum Gasteiger partial charge on any atom is 0.254 e. The largest absolute Gasteiger partial charge is 0.316 e. The van der Waals surface area contributed by atoms with E-state index in [1.54, 1.807) is 6.92 Å². The lowest BCUT2D eigenvalue weighted by Crippen LogP contribution is -2.32. The second-order valence-electron chi connectivity index (χ2n) is 4.10. The highest BCUT2D eigenvalue weighted by Gasteiger charge is 2.67. The van der Waals surface area contributed by atoms with E-state index in [9.17, 15) is 8.78 Å². The van der Waals surface area contributed by atoms with E-state index in [2.05, 4.69) is 5.32 Å².